The Kier molecular flexibility index (Phi) is 4.45. The lowest BCUT2D eigenvalue weighted by atomic mass is 9.99. The average molecular weight is 379 g/mol. The number of carbonyl (C=O) groups excluding carboxylic acids is 1. The molecule has 0 aliphatic rings. The first-order chi connectivity index (χ1) is 12.2. The summed E-state index contributed by atoms with van der Waals surface area (Å²) in [7, 11) is -5.63. The van der Waals surface area contributed by atoms with Crippen LogP contribution in [0.5, 0.6) is 0 Å². The fourth-order valence-electron chi connectivity index (χ4n) is 2.46. The van der Waals surface area contributed by atoms with Gasteiger partial charge in [-0.1, -0.05) is 48.5 Å². The molecule has 0 aromatic heterocycles. The number of fused-ring (bicyclic) bond motifs is 1. The second kappa shape index (κ2) is 6.45. The Balaban J connectivity index is 2.02. The molecule has 0 unspecified atom stereocenters. The highest BCUT2D eigenvalue weighted by Gasteiger charge is 2.46. The Morgan fingerprint density at radius 1 is 0.846 bits per heavy atom. The van der Waals surface area contributed by atoms with Gasteiger partial charge in [0.15, 0.2) is 5.78 Å². The molecule has 0 aliphatic carbocycles. The van der Waals surface area contributed by atoms with E-state index in [4.69, 9.17) is 0 Å². The SMILES string of the molecule is O=C(c1ccc2ccccc2c1)c1ccccc1NS(=O)(=O)C(F)(F)F. The molecule has 0 heterocycles. The van der Waals surface area contributed by atoms with Crippen LogP contribution in [0, 0.1) is 0 Å². The molecule has 26 heavy (non-hydrogen) atoms. The van der Waals surface area contributed by atoms with Gasteiger partial charge in [0.2, 0.25) is 0 Å². The van der Waals surface area contributed by atoms with Crippen molar-refractivity contribution in [3.63, 3.8) is 0 Å². The Morgan fingerprint density at radius 3 is 2.15 bits per heavy atom. The molecule has 3 rings (SSSR count). The summed E-state index contributed by atoms with van der Waals surface area (Å²) in [6.07, 6.45) is 0. The zero-order chi connectivity index (χ0) is 18.9. The van der Waals surface area contributed by atoms with Crippen LogP contribution in [-0.4, -0.2) is 19.7 Å². The van der Waals surface area contributed by atoms with Crippen molar-refractivity contribution in [1.29, 1.82) is 0 Å². The molecule has 0 bridgehead atoms. The number of halogens is 3. The number of hydrogen-bond acceptors (Lipinski definition) is 3. The van der Waals surface area contributed by atoms with E-state index in [0.717, 1.165) is 16.8 Å². The molecule has 3 aromatic rings. The van der Waals surface area contributed by atoms with E-state index in [1.807, 2.05) is 12.1 Å². The minimum Gasteiger partial charge on any atom is -0.289 e. The van der Waals surface area contributed by atoms with Crippen LogP contribution in [0.1, 0.15) is 15.9 Å². The highest BCUT2D eigenvalue weighted by molar-refractivity contribution is 7.93. The molecular weight excluding hydrogens is 367 g/mol. The monoisotopic (exact) mass is 379 g/mol. The second-order valence-corrected chi connectivity index (χ2v) is 7.16. The van der Waals surface area contributed by atoms with E-state index >= 15 is 0 Å². The number of ketones is 1. The lowest BCUT2D eigenvalue weighted by molar-refractivity contribution is -0.0429. The Labute approximate surface area is 147 Å². The van der Waals surface area contributed by atoms with Gasteiger partial charge in [-0.25, -0.2) is 0 Å². The van der Waals surface area contributed by atoms with Crippen molar-refractivity contribution in [2.24, 2.45) is 0 Å². The van der Waals surface area contributed by atoms with Crippen molar-refractivity contribution < 1.29 is 26.4 Å². The normalized spacial score (nSPS) is 12.1. The first-order valence-corrected chi connectivity index (χ1v) is 8.89. The van der Waals surface area contributed by atoms with Gasteiger partial charge in [-0.3, -0.25) is 9.52 Å². The number of carbonyl (C=O) groups is 1. The fraction of sp³-hybridized carbons (Fsp3) is 0.0556. The van der Waals surface area contributed by atoms with Crippen molar-refractivity contribution in [2.45, 2.75) is 5.51 Å². The molecule has 0 amide bonds. The van der Waals surface area contributed by atoms with Crippen LogP contribution in [-0.2, 0) is 10.0 Å². The van der Waals surface area contributed by atoms with Crippen molar-refractivity contribution in [1.82, 2.24) is 0 Å². The van der Waals surface area contributed by atoms with E-state index in [0.29, 0.717) is 0 Å². The molecule has 134 valence electrons. The van der Waals surface area contributed by atoms with Crippen LogP contribution < -0.4 is 4.72 Å². The number of hydrogen-bond donors (Lipinski definition) is 1. The van der Waals surface area contributed by atoms with E-state index in [1.54, 1.807) is 30.3 Å². The summed E-state index contributed by atoms with van der Waals surface area (Å²) < 4.78 is 62.0. The largest absolute Gasteiger partial charge is 0.516 e. The van der Waals surface area contributed by atoms with Crippen LogP contribution in [0.2, 0.25) is 0 Å². The third-order valence-electron chi connectivity index (χ3n) is 3.73. The van der Waals surface area contributed by atoms with E-state index in [-0.39, 0.29) is 11.1 Å². The second-order valence-electron chi connectivity index (χ2n) is 5.49. The quantitative estimate of drug-likeness (QED) is 0.686. The standard InChI is InChI=1S/C18H12F3NO3S/c19-18(20,21)26(24,25)22-16-8-4-3-7-15(16)17(23)14-10-9-12-5-1-2-6-13(12)11-14/h1-11,22H. The zero-order valence-electron chi connectivity index (χ0n) is 13.1. The van der Waals surface area contributed by atoms with E-state index < -0.39 is 27.0 Å². The first-order valence-electron chi connectivity index (χ1n) is 7.41. The minimum atomic E-state index is -5.63. The highest BCUT2D eigenvalue weighted by Crippen LogP contribution is 2.28. The van der Waals surface area contributed by atoms with Crippen LogP contribution in [0.4, 0.5) is 18.9 Å². The van der Waals surface area contributed by atoms with Gasteiger partial charge in [-0.05, 0) is 29.0 Å². The lowest BCUT2D eigenvalue weighted by Crippen LogP contribution is -2.30. The molecule has 1 N–H and O–H groups in total. The molecule has 0 saturated carbocycles. The van der Waals surface area contributed by atoms with E-state index in [1.165, 1.54) is 22.9 Å². The summed E-state index contributed by atoms with van der Waals surface area (Å²) in [6.45, 7) is 0. The number of rotatable bonds is 4. The topological polar surface area (TPSA) is 63.2 Å². The van der Waals surface area contributed by atoms with Gasteiger partial charge in [-0.15, -0.1) is 0 Å². The summed E-state index contributed by atoms with van der Waals surface area (Å²) in [5.41, 5.74) is -5.84. The highest BCUT2D eigenvalue weighted by atomic mass is 32.2. The first kappa shape index (κ1) is 17.9. The van der Waals surface area contributed by atoms with E-state index in [9.17, 15) is 26.4 Å². The number of nitrogens with one attached hydrogen (secondary N) is 1. The summed E-state index contributed by atoms with van der Waals surface area (Å²) >= 11 is 0. The number of sulfonamides is 1. The van der Waals surface area contributed by atoms with Crippen LogP contribution in [0.25, 0.3) is 10.8 Å². The summed E-state index contributed by atoms with van der Waals surface area (Å²) in [4.78, 5) is 12.7. The Morgan fingerprint density at radius 2 is 1.46 bits per heavy atom. The zero-order valence-corrected chi connectivity index (χ0v) is 13.9. The Bertz CT molecular complexity index is 1090. The van der Waals surface area contributed by atoms with Crippen LogP contribution in [0.15, 0.2) is 66.7 Å². The molecular formula is C18H12F3NO3S. The van der Waals surface area contributed by atoms with Gasteiger partial charge >= 0.3 is 15.5 Å². The fourth-order valence-corrected chi connectivity index (χ4v) is 3.04. The van der Waals surface area contributed by atoms with Crippen LogP contribution >= 0.6 is 0 Å². The molecule has 3 aromatic carbocycles. The maximum Gasteiger partial charge on any atom is 0.516 e. The molecule has 0 aliphatic heterocycles. The molecule has 0 atom stereocenters. The average Bonchev–Trinajstić information content (AvgIpc) is 2.60. The van der Waals surface area contributed by atoms with Crippen molar-refractivity contribution in [3.05, 3.63) is 77.9 Å². The van der Waals surface area contributed by atoms with Gasteiger partial charge in [0.25, 0.3) is 0 Å². The van der Waals surface area contributed by atoms with Crippen LogP contribution in [0.3, 0.4) is 0 Å². The maximum atomic E-state index is 12.7. The molecule has 0 saturated heterocycles. The van der Waals surface area contributed by atoms with Gasteiger partial charge in [0.1, 0.15) is 0 Å². The van der Waals surface area contributed by atoms with Gasteiger partial charge in [-0.2, -0.15) is 21.6 Å². The summed E-state index contributed by atoms with van der Waals surface area (Å²) in [6, 6.07) is 17.3. The lowest BCUT2D eigenvalue weighted by Gasteiger charge is -2.13. The summed E-state index contributed by atoms with van der Waals surface area (Å²) in [5, 5.41) is 1.68. The molecule has 0 fully saturated rings. The van der Waals surface area contributed by atoms with Gasteiger partial charge < -0.3 is 0 Å². The predicted octanol–water partition coefficient (Wildman–Crippen LogP) is 4.33. The van der Waals surface area contributed by atoms with Gasteiger partial charge in [0.05, 0.1) is 5.69 Å². The Hall–Kier alpha value is -2.87. The number of para-hydroxylation sites is 1. The number of benzene rings is 3. The molecule has 4 nitrogen and oxygen atoms in total. The van der Waals surface area contributed by atoms with E-state index in [2.05, 4.69) is 0 Å². The molecule has 0 radical (unpaired) electrons. The van der Waals surface area contributed by atoms with Crippen molar-refractivity contribution in [3.8, 4) is 0 Å². The summed E-state index contributed by atoms with van der Waals surface area (Å²) in [5.74, 6) is -0.587. The predicted molar refractivity (Wildman–Crippen MR) is 92.4 cm³/mol. The van der Waals surface area contributed by atoms with Gasteiger partial charge in [0, 0.05) is 11.1 Å². The molecule has 8 heteroatoms. The number of anilines is 1. The van der Waals surface area contributed by atoms with Crippen molar-refractivity contribution in [2.75, 3.05) is 4.72 Å². The minimum absolute atomic E-state index is 0.171. The third-order valence-corrected chi connectivity index (χ3v) is 4.83. The van der Waals surface area contributed by atoms with Crippen molar-refractivity contribution >= 4 is 32.3 Å². The smallest absolute Gasteiger partial charge is 0.289 e. The third kappa shape index (κ3) is 3.41. The maximum absolute atomic E-state index is 12.7. The molecule has 0 spiro atoms. The number of alkyl halides is 3.